The zero-order valence-corrected chi connectivity index (χ0v) is 14.2. The molecule has 1 unspecified atom stereocenters. The predicted molar refractivity (Wildman–Crippen MR) is 89.8 cm³/mol. The van der Waals surface area contributed by atoms with Crippen molar-refractivity contribution in [2.24, 2.45) is 0 Å². The quantitative estimate of drug-likeness (QED) is 0.841. The molecule has 0 aliphatic heterocycles. The molecule has 0 spiro atoms. The standard InChI is InChI=1S/C18H20F2N2O3/c1-22(2)14(12-6-4-5-7-16(12)25-3)10-21-18(24)17-13(20)8-11(19)9-15(17)23/h4-9,14,23H,10H2,1-3H3,(H,21,24). The minimum Gasteiger partial charge on any atom is -0.507 e. The number of methoxy groups -OCH3 is 1. The van der Waals surface area contributed by atoms with E-state index in [4.69, 9.17) is 4.74 Å². The summed E-state index contributed by atoms with van der Waals surface area (Å²) in [5, 5.41) is 12.2. The minimum absolute atomic E-state index is 0.141. The number of rotatable bonds is 6. The Morgan fingerprint density at radius 2 is 1.96 bits per heavy atom. The normalized spacial score (nSPS) is 12.1. The number of phenols is 1. The monoisotopic (exact) mass is 350 g/mol. The summed E-state index contributed by atoms with van der Waals surface area (Å²) in [6.07, 6.45) is 0. The second-order valence-electron chi connectivity index (χ2n) is 5.71. The summed E-state index contributed by atoms with van der Waals surface area (Å²) in [5.41, 5.74) is 0.262. The summed E-state index contributed by atoms with van der Waals surface area (Å²) in [7, 11) is 5.22. The molecular weight excluding hydrogens is 330 g/mol. The van der Waals surface area contributed by atoms with E-state index in [0.29, 0.717) is 17.9 Å². The van der Waals surface area contributed by atoms with E-state index >= 15 is 0 Å². The molecule has 0 fully saturated rings. The number of carbonyl (C=O) groups is 1. The molecule has 0 aromatic heterocycles. The third-order valence-corrected chi connectivity index (χ3v) is 3.84. The van der Waals surface area contributed by atoms with Crippen LogP contribution in [0.4, 0.5) is 8.78 Å². The molecule has 0 radical (unpaired) electrons. The lowest BCUT2D eigenvalue weighted by Crippen LogP contribution is -2.35. The Morgan fingerprint density at radius 1 is 1.28 bits per heavy atom. The van der Waals surface area contributed by atoms with E-state index in [1.807, 2.05) is 37.2 Å². The van der Waals surface area contributed by atoms with Crippen molar-refractivity contribution in [1.29, 1.82) is 0 Å². The summed E-state index contributed by atoms with van der Waals surface area (Å²) in [5.74, 6) is -2.97. The van der Waals surface area contributed by atoms with Crippen LogP contribution in [0.2, 0.25) is 0 Å². The Bertz CT molecular complexity index is 743. The first-order valence-electron chi connectivity index (χ1n) is 7.60. The highest BCUT2D eigenvalue weighted by Crippen LogP contribution is 2.28. The Labute approximate surface area is 144 Å². The van der Waals surface area contributed by atoms with Gasteiger partial charge >= 0.3 is 0 Å². The van der Waals surface area contributed by atoms with Gasteiger partial charge in [0.15, 0.2) is 0 Å². The van der Waals surface area contributed by atoms with Crippen LogP contribution < -0.4 is 10.1 Å². The van der Waals surface area contributed by atoms with Gasteiger partial charge in [0.2, 0.25) is 0 Å². The molecule has 0 saturated carbocycles. The number of aromatic hydroxyl groups is 1. The highest BCUT2D eigenvalue weighted by atomic mass is 19.1. The molecule has 2 rings (SSSR count). The number of halogens is 2. The molecule has 7 heteroatoms. The van der Waals surface area contributed by atoms with Crippen molar-refractivity contribution in [1.82, 2.24) is 10.2 Å². The summed E-state index contributed by atoms with van der Waals surface area (Å²) in [6.45, 7) is 0.141. The Hall–Kier alpha value is -2.67. The van der Waals surface area contributed by atoms with Crippen LogP contribution in [0.1, 0.15) is 22.0 Å². The van der Waals surface area contributed by atoms with Gasteiger partial charge in [0, 0.05) is 24.2 Å². The van der Waals surface area contributed by atoms with E-state index in [1.165, 1.54) is 0 Å². The number of ether oxygens (including phenoxy) is 1. The zero-order valence-electron chi connectivity index (χ0n) is 14.2. The van der Waals surface area contributed by atoms with Crippen LogP contribution in [-0.4, -0.2) is 43.7 Å². The molecule has 0 saturated heterocycles. The van der Waals surface area contributed by atoms with Crippen LogP contribution in [0, 0.1) is 11.6 Å². The number of nitrogens with one attached hydrogen (secondary N) is 1. The SMILES string of the molecule is COc1ccccc1C(CNC(=O)c1c(O)cc(F)cc1F)N(C)C. The lowest BCUT2D eigenvalue weighted by Gasteiger charge is -2.26. The summed E-state index contributed by atoms with van der Waals surface area (Å²) < 4.78 is 32.2. The van der Waals surface area contributed by atoms with Gasteiger partial charge in [-0.3, -0.25) is 4.79 Å². The van der Waals surface area contributed by atoms with Gasteiger partial charge in [-0.1, -0.05) is 18.2 Å². The first-order valence-corrected chi connectivity index (χ1v) is 7.60. The largest absolute Gasteiger partial charge is 0.507 e. The minimum atomic E-state index is -1.12. The average Bonchev–Trinajstić information content (AvgIpc) is 2.54. The number of likely N-dealkylation sites (N-methyl/N-ethyl adjacent to an activating group) is 1. The Kier molecular flexibility index (Phi) is 5.93. The van der Waals surface area contributed by atoms with Crippen LogP contribution in [0.3, 0.4) is 0 Å². The van der Waals surface area contributed by atoms with Crippen molar-refractivity contribution in [3.05, 3.63) is 59.2 Å². The van der Waals surface area contributed by atoms with E-state index in [1.54, 1.807) is 13.2 Å². The third kappa shape index (κ3) is 4.24. The molecule has 0 heterocycles. The average molecular weight is 350 g/mol. The van der Waals surface area contributed by atoms with Gasteiger partial charge in [-0.2, -0.15) is 0 Å². The fraction of sp³-hybridized carbons (Fsp3) is 0.278. The fourth-order valence-corrected chi connectivity index (χ4v) is 2.57. The number of amides is 1. The van der Waals surface area contributed by atoms with Crippen LogP contribution >= 0.6 is 0 Å². The van der Waals surface area contributed by atoms with Crippen molar-refractivity contribution in [3.8, 4) is 11.5 Å². The number of phenolic OH excluding ortho intramolecular Hbond substituents is 1. The molecule has 0 aliphatic rings. The van der Waals surface area contributed by atoms with Gasteiger partial charge in [0.05, 0.1) is 13.2 Å². The second kappa shape index (κ2) is 7.94. The van der Waals surface area contributed by atoms with Crippen LogP contribution in [-0.2, 0) is 0 Å². The van der Waals surface area contributed by atoms with Crippen molar-refractivity contribution >= 4 is 5.91 Å². The van der Waals surface area contributed by atoms with Gasteiger partial charge in [-0.15, -0.1) is 0 Å². The van der Waals surface area contributed by atoms with Gasteiger partial charge in [-0.25, -0.2) is 8.78 Å². The Balaban J connectivity index is 2.21. The van der Waals surface area contributed by atoms with E-state index < -0.39 is 28.9 Å². The second-order valence-corrected chi connectivity index (χ2v) is 5.71. The van der Waals surface area contributed by atoms with Crippen LogP contribution in [0.25, 0.3) is 0 Å². The maximum Gasteiger partial charge on any atom is 0.258 e. The predicted octanol–water partition coefficient (Wildman–Crippen LogP) is 2.71. The molecule has 134 valence electrons. The zero-order chi connectivity index (χ0) is 18.6. The van der Waals surface area contributed by atoms with E-state index in [2.05, 4.69) is 5.32 Å². The number of nitrogens with zero attached hydrogens (tertiary/aromatic N) is 1. The lowest BCUT2D eigenvalue weighted by molar-refractivity contribution is 0.0934. The summed E-state index contributed by atoms with van der Waals surface area (Å²) >= 11 is 0. The van der Waals surface area contributed by atoms with Crippen molar-refractivity contribution in [3.63, 3.8) is 0 Å². The molecule has 2 N–H and O–H groups in total. The topological polar surface area (TPSA) is 61.8 Å². The summed E-state index contributed by atoms with van der Waals surface area (Å²) in [4.78, 5) is 14.1. The molecule has 1 atom stereocenters. The first-order chi connectivity index (χ1) is 11.8. The van der Waals surface area contributed by atoms with Gasteiger partial charge < -0.3 is 20.1 Å². The highest BCUT2D eigenvalue weighted by Gasteiger charge is 2.22. The van der Waals surface area contributed by atoms with E-state index in [-0.39, 0.29) is 12.6 Å². The van der Waals surface area contributed by atoms with Gasteiger partial charge in [0.1, 0.15) is 28.7 Å². The number of carbonyl (C=O) groups excluding carboxylic acids is 1. The fourth-order valence-electron chi connectivity index (χ4n) is 2.57. The van der Waals surface area contributed by atoms with E-state index in [9.17, 15) is 18.7 Å². The van der Waals surface area contributed by atoms with Crippen LogP contribution in [0.15, 0.2) is 36.4 Å². The summed E-state index contributed by atoms with van der Waals surface area (Å²) in [6, 6.07) is 8.36. The molecule has 1 amide bonds. The Morgan fingerprint density at radius 3 is 2.56 bits per heavy atom. The lowest BCUT2D eigenvalue weighted by atomic mass is 10.0. The smallest absolute Gasteiger partial charge is 0.258 e. The van der Waals surface area contributed by atoms with Gasteiger partial charge in [-0.05, 0) is 20.2 Å². The first kappa shape index (κ1) is 18.7. The highest BCUT2D eigenvalue weighted by molar-refractivity contribution is 5.97. The van der Waals surface area contributed by atoms with Crippen LogP contribution in [0.5, 0.6) is 11.5 Å². The van der Waals surface area contributed by atoms with Crippen molar-refractivity contribution in [2.75, 3.05) is 27.7 Å². The van der Waals surface area contributed by atoms with Crippen molar-refractivity contribution in [2.45, 2.75) is 6.04 Å². The number of hydrogen-bond donors (Lipinski definition) is 2. The maximum atomic E-state index is 13.8. The maximum absolute atomic E-state index is 13.8. The molecule has 0 bridgehead atoms. The molecule has 25 heavy (non-hydrogen) atoms. The molecule has 5 nitrogen and oxygen atoms in total. The van der Waals surface area contributed by atoms with Crippen molar-refractivity contribution < 1.29 is 23.4 Å². The molecular formula is C18H20F2N2O3. The molecule has 0 aliphatic carbocycles. The number of benzene rings is 2. The molecule has 2 aromatic rings. The number of hydrogen-bond acceptors (Lipinski definition) is 4. The molecule has 2 aromatic carbocycles. The number of para-hydroxylation sites is 1. The van der Waals surface area contributed by atoms with Gasteiger partial charge in [0.25, 0.3) is 5.91 Å². The third-order valence-electron chi connectivity index (χ3n) is 3.84. The van der Waals surface area contributed by atoms with E-state index in [0.717, 1.165) is 5.56 Å².